The average Bonchev–Trinajstić information content (AvgIpc) is 2.87. The number of nitrogens with zero attached hydrogens (tertiary/aromatic N) is 3. The maximum Gasteiger partial charge on any atom is 0.226 e. The molecule has 1 saturated carbocycles. The molecule has 1 N–H and O–H groups in total. The molecule has 106 valence electrons. The second-order valence-electron chi connectivity index (χ2n) is 5.99. The van der Waals surface area contributed by atoms with Crippen LogP contribution in [-0.2, 0) is 13.0 Å². The quantitative estimate of drug-likeness (QED) is 0.902. The lowest BCUT2D eigenvalue weighted by Crippen LogP contribution is -2.53. The number of piperidine rings is 1. The van der Waals surface area contributed by atoms with Gasteiger partial charge in [-0.15, -0.1) is 0 Å². The summed E-state index contributed by atoms with van der Waals surface area (Å²) >= 11 is 0. The van der Waals surface area contributed by atoms with Crippen molar-refractivity contribution in [1.82, 2.24) is 15.0 Å². The SMILES string of the molecule is CCc1nc(CN2CCC3(O)CCCCC3C2)no1. The molecule has 0 aromatic carbocycles. The molecule has 1 aromatic heterocycles. The minimum Gasteiger partial charge on any atom is -0.390 e. The van der Waals surface area contributed by atoms with Crippen molar-refractivity contribution in [3.63, 3.8) is 0 Å². The Labute approximate surface area is 114 Å². The number of aromatic nitrogens is 2. The van der Waals surface area contributed by atoms with E-state index in [4.69, 9.17) is 4.52 Å². The predicted octanol–water partition coefficient (Wildman–Crippen LogP) is 1.76. The van der Waals surface area contributed by atoms with Crippen molar-refractivity contribution in [1.29, 1.82) is 0 Å². The molecule has 2 aliphatic rings. The van der Waals surface area contributed by atoms with Crippen LogP contribution in [0.5, 0.6) is 0 Å². The summed E-state index contributed by atoms with van der Waals surface area (Å²) < 4.78 is 5.14. The van der Waals surface area contributed by atoms with E-state index in [-0.39, 0.29) is 0 Å². The van der Waals surface area contributed by atoms with Gasteiger partial charge in [-0.25, -0.2) is 0 Å². The standard InChI is InChI=1S/C14H23N3O2/c1-2-13-15-12(16-19-13)10-17-8-7-14(18)6-4-3-5-11(14)9-17/h11,18H,2-10H2,1H3. The van der Waals surface area contributed by atoms with Crippen LogP contribution >= 0.6 is 0 Å². The smallest absolute Gasteiger partial charge is 0.226 e. The molecule has 1 aliphatic heterocycles. The van der Waals surface area contributed by atoms with Crippen LogP contribution in [0, 0.1) is 5.92 Å². The van der Waals surface area contributed by atoms with Gasteiger partial charge in [-0.3, -0.25) is 4.90 Å². The number of aryl methyl sites for hydroxylation is 1. The maximum absolute atomic E-state index is 10.6. The number of rotatable bonds is 3. The molecular weight excluding hydrogens is 242 g/mol. The number of likely N-dealkylation sites (tertiary alicyclic amines) is 1. The van der Waals surface area contributed by atoms with Gasteiger partial charge in [-0.2, -0.15) is 4.98 Å². The monoisotopic (exact) mass is 265 g/mol. The van der Waals surface area contributed by atoms with Crippen molar-refractivity contribution in [3.05, 3.63) is 11.7 Å². The zero-order valence-corrected chi connectivity index (χ0v) is 11.6. The van der Waals surface area contributed by atoms with E-state index in [2.05, 4.69) is 15.0 Å². The Morgan fingerprint density at radius 3 is 3.11 bits per heavy atom. The van der Waals surface area contributed by atoms with Crippen molar-refractivity contribution in [3.8, 4) is 0 Å². The second kappa shape index (κ2) is 5.21. The molecule has 0 radical (unpaired) electrons. The van der Waals surface area contributed by atoms with Gasteiger partial charge in [-0.1, -0.05) is 24.9 Å². The van der Waals surface area contributed by atoms with Crippen molar-refractivity contribution in [2.45, 2.75) is 57.6 Å². The third-order valence-electron chi connectivity index (χ3n) is 4.69. The summed E-state index contributed by atoms with van der Waals surface area (Å²) in [7, 11) is 0. The number of fused-ring (bicyclic) bond motifs is 1. The normalized spacial score (nSPS) is 32.2. The summed E-state index contributed by atoms with van der Waals surface area (Å²) in [6, 6.07) is 0. The van der Waals surface area contributed by atoms with Gasteiger partial charge in [0.05, 0.1) is 12.1 Å². The molecule has 19 heavy (non-hydrogen) atoms. The fourth-order valence-corrected chi connectivity index (χ4v) is 3.48. The largest absolute Gasteiger partial charge is 0.390 e. The van der Waals surface area contributed by atoms with E-state index < -0.39 is 5.60 Å². The van der Waals surface area contributed by atoms with Gasteiger partial charge in [0.1, 0.15) is 0 Å². The van der Waals surface area contributed by atoms with E-state index in [0.717, 1.165) is 51.1 Å². The molecule has 2 fully saturated rings. The zero-order valence-electron chi connectivity index (χ0n) is 11.6. The number of hydrogen-bond acceptors (Lipinski definition) is 5. The lowest BCUT2D eigenvalue weighted by atomic mass is 9.71. The molecule has 0 spiro atoms. The van der Waals surface area contributed by atoms with Crippen LogP contribution in [0.2, 0.25) is 0 Å². The van der Waals surface area contributed by atoms with E-state index >= 15 is 0 Å². The van der Waals surface area contributed by atoms with Crippen LogP contribution in [0.3, 0.4) is 0 Å². The molecule has 1 aromatic rings. The summed E-state index contributed by atoms with van der Waals surface area (Å²) in [6.45, 7) is 4.66. The predicted molar refractivity (Wildman–Crippen MR) is 70.5 cm³/mol. The third-order valence-corrected chi connectivity index (χ3v) is 4.69. The van der Waals surface area contributed by atoms with E-state index in [1.54, 1.807) is 0 Å². The van der Waals surface area contributed by atoms with Crippen LogP contribution in [-0.4, -0.2) is 38.8 Å². The Hall–Kier alpha value is -0.940. The lowest BCUT2D eigenvalue weighted by molar-refractivity contribution is -0.0971. The topological polar surface area (TPSA) is 62.4 Å². The third kappa shape index (κ3) is 2.67. The van der Waals surface area contributed by atoms with Gasteiger partial charge in [0.25, 0.3) is 0 Å². The van der Waals surface area contributed by atoms with Gasteiger partial charge in [-0.05, 0) is 19.3 Å². The summed E-state index contributed by atoms with van der Waals surface area (Å²) in [5.74, 6) is 1.91. The van der Waals surface area contributed by atoms with Gasteiger partial charge >= 0.3 is 0 Å². The van der Waals surface area contributed by atoms with E-state index in [1.165, 1.54) is 12.8 Å². The molecule has 5 nitrogen and oxygen atoms in total. The first-order valence-electron chi connectivity index (χ1n) is 7.46. The first kappa shape index (κ1) is 13.1. The van der Waals surface area contributed by atoms with Gasteiger partial charge in [0.15, 0.2) is 5.82 Å². The Kier molecular flexibility index (Phi) is 3.58. The Balaban J connectivity index is 1.61. The van der Waals surface area contributed by atoms with Gasteiger partial charge < -0.3 is 9.63 Å². The average molecular weight is 265 g/mol. The Morgan fingerprint density at radius 2 is 2.32 bits per heavy atom. The summed E-state index contributed by atoms with van der Waals surface area (Å²) in [5.41, 5.74) is -0.402. The number of aliphatic hydroxyl groups is 1. The van der Waals surface area contributed by atoms with Crippen molar-refractivity contribution >= 4 is 0 Å². The van der Waals surface area contributed by atoms with Crippen LogP contribution in [0.1, 0.15) is 50.7 Å². The molecular formula is C14H23N3O2. The lowest BCUT2D eigenvalue weighted by Gasteiger charge is -2.47. The minimum absolute atomic E-state index is 0.402. The molecule has 1 saturated heterocycles. The Bertz CT molecular complexity index is 434. The molecule has 0 bridgehead atoms. The highest BCUT2D eigenvalue weighted by Crippen LogP contribution is 2.39. The van der Waals surface area contributed by atoms with Crippen LogP contribution < -0.4 is 0 Å². The molecule has 0 amide bonds. The second-order valence-corrected chi connectivity index (χ2v) is 5.99. The summed E-state index contributed by atoms with van der Waals surface area (Å²) in [6.07, 6.45) is 6.24. The Morgan fingerprint density at radius 1 is 1.42 bits per heavy atom. The highest BCUT2D eigenvalue weighted by atomic mass is 16.5. The first-order valence-corrected chi connectivity index (χ1v) is 7.46. The molecule has 5 heteroatoms. The van der Waals surface area contributed by atoms with E-state index in [1.807, 2.05) is 6.92 Å². The minimum atomic E-state index is -0.402. The maximum atomic E-state index is 10.6. The molecule has 2 heterocycles. The van der Waals surface area contributed by atoms with Crippen LogP contribution in [0.25, 0.3) is 0 Å². The van der Waals surface area contributed by atoms with Gasteiger partial charge in [0.2, 0.25) is 5.89 Å². The zero-order chi connectivity index (χ0) is 13.3. The first-order chi connectivity index (χ1) is 9.19. The number of hydrogen-bond donors (Lipinski definition) is 1. The van der Waals surface area contributed by atoms with E-state index in [0.29, 0.717) is 11.8 Å². The van der Waals surface area contributed by atoms with Crippen molar-refractivity contribution in [2.24, 2.45) is 5.92 Å². The molecule has 1 aliphatic carbocycles. The fourth-order valence-electron chi connectivity index (χ4n) is 3.48. The fraction of sp³-hybridized carbons (Fsp3) is 0.857. The van der Waals surface area contributed by atoms with Crippen LogP contribution in [0.15, 0.2) is 4.52 Å². The van der Waals surface area contributed by atoms with Gasteiger partial charge in [0, 0.05) is 25.4 Å². The van der Waals surface area contributed by atoms with E-state index in [9.17, 15) is 5.11 Å². The molecule has 2 atom stereocenters. The summed E-state index contributed by atoms with van der Waals surface area (Å²) in [4.78, 5) is 6.72. The van der Waals surface area contributed by atoms with Crippen molar-refractivity contribution in [2.75, 3.05) is 13.1 Å². The summed E-state index contributed by atoms with van der Waals surface area (Å²) in [5, 5.41) is 14.7. The van der Waals surface area contributed by atoms with Crippen molar-refractivity contribution < 1.29 is 9.63 Å². The molecule has 3 rings (SSSR count). The highest BCUT2D eigenvalue weighted by molar-refractivity contribution is 4.97. The van der Waals surface area contributed by atoms with Crippen LogP contribution in [0.4, 0.5) is 0 Å². The molecule has 2 unspecified atom stereocenters. The highest BCUT2D eigenvalue weighted by Gasteiger charge is 2.42.